The molecule has 0 aliphatic carbocycles. The molecule has 0 fully saturated rings. The molecule has 0 radical (unpaired) electrons. The number of ether oxygens (including phenoxy) is 1. The molecule has 0 saturated heterocycles. The van der Waals surface area contributed by atoms with E-state index in [2.05, 4.69) is 69.2 Å². The summed E-state index contributed by atoms with van der Waals surface area (Å²) in [6, 6.07) is 27.8. The van der Waals surface area contributed by atoms with Crippen molar-refractivity contribution in [3.63, 3.8) is 0 Å². The summed E-state index contributed by atoms with van der Waals surface area (Å²) in [7, 11) is 1.37. The number of hydrogen-bond donors (Lipinski definition) is 0. The number of hydrogen-bond acceptors (Lipinski definition) is 2. The van der Waals surface area contributed by atoms with Crippen LogP contribution < -0.4 is 0 Å². The van der Waals surface area contributed by atoms with Crippen molar-refractivity contribution in [3.05, 3.63) is 95.0 Å². The number of rotatable bonds is 2. The maximum Gasteiger partial charge on any atom is 0.337 e. The molecular formula is C20H17BrO2. The van der Waals surface area contributed by atoms with Gasteiger partial charge in [-0.05, 0) is 35.4 Å². The third kappa shape index (κ3) is 5.38. The van der Waals surface area contributed by atoms with E-state index in [1.165, 1.54) is 18.2 Å². The molecule has 0 saturated carbocycles. The third-order valence-corrected chi connectivity index (χ3v) is 3.67. The first-order valence-electron chi connectivity index (χ1n) is 7.15. The molecule has 0 N–H and O–H groups in total. The highest BCUT2D eigenvalue weighted by molar-refractivity contribution is 9.10. The van der Waals surface area contributed by atoms with Crippen LogP contribution in [-0.4, -0.2) is 13.1 Å². The number of methoxy groups -OCH3 is 1. The lowest BCUT2D eigenvalue weighted by atomic mass is 10.1. The van der Waals surface area contributed by atoms with E-state index < -0.39 is 0 Å². The van der Waals surface area contributed by atoms with E-state index in [1.54, 1.807) is 24.3 Å². The van der Waals surface area contributed by atoms with Gasteiger partial charge >= 0.3 is 5.97 Å². The molecule has 0 aliphatic rings. The van der Waals surface area contributed by atoms with Gasteiger partial charge in [-0.15, -0.1) is 0 Å². The van der Waals surface area contributed by atoms with Crippen LogP contribution in [0.5, 0.6) is 0 Å². The zero-order chi connectivity index (χ0) is 16.5. The van der Waals surface area contributed by atoms with Crippen molar-refractivity contribution in [2.45, 2.75) is 0 Å². The van der Waals surface area contributed by atoms with Crippen LogP contribution in [0.15, 0.2) is 89.4 Å². The minimum atomic E-state index is -0.308. The van der Waals surface area contributed by atoms with Crippen LogP contribution in [0.4, 0.5) is 0 Å². The Balaban J connectivity index is 0.000000168. The summed E-state index contributed by atoms with van der Waals surface area (Å²) >= 11 is 3.26. The summed E-state index contributed by atoms with van der Waals surface area (Å²) < 4.78 is 5.47. The van der Waals surface area contributed by atoms with Crippen molar-refractivity contribution < 1.29 is 9.53 Å². The average Bonchev–Trinajstić information content (AvgIpc) is 2.64. The Morgan fingerprint density at radius 3 is 1.57 bits per heavy atom. The molecule has 2 nitrogen and oxygen atoms in total. The Morgan fingerprint density at radius 1 is 0.739 bits per heavy atom. The zero-order valence-electron chi connectivity index (χ0n) is 12.8. The summed E-state index contributed by atoms with van der Waals surface area (Å²) in [5, 5.41) is 0. The summed E-state index contributed by atoms with van der Waals surface area (Å²) in [4.78, 5) is 10.9. The van der Waals surface area contributed by atoms with Gasteiger partial charge in [0.25, 0.3) is 0 Å². The van der Waals surface area contributed by atoms with Crippen molar-refractivity contribution in [2.75, 3.05) is 7.11 Å². The second-order valence-corrected chi connectivity index (χ2v) is 5.65. The molecule has 0 amide bonds. The average molecular weight is 369 g/mol. The second-order valence-electron chi connectivity index (χ2n) is 4.73. The van der Waals surface area contributed by atoms with Crippen LogP contribution in [0.2, 0.25) is 0 Å². The fraction of sp³-hybridized carbons (Fsp3) is 0.0500. The van der Waals surface area contributed by atoms with Crippen LogP contribution >= 0.6 is 15.9 Å². The van der Waals surface area contributed by atoms with Crippen molar-refractivity contribution in [3.8, 4) is 11.1 Å². The lowest BCUT2D eigenvalue weighted by Gasteiger charge is -1.98. The quantitative estimate of drug-likeness (QED) is 0.551. The Hall–Kier alpha value is -2.39. The van der Waals surface area contributed by atoms with Crippen molar-refractivity contribution in [2.24, 2.45) is 0 Å². The normalized spacial score (nSPS) is 9.48. The standard InChI is InChI=1S/C12H10.C8H7BrO2/c1-3-7-11(8-4-1)12-9-5-2-6-10-12;1-11-8(10)6-2-4-7(9)5-3-6/h1-10H;2-5H,1H3. The summed E-state index contributed by atoms with van der Waals surface area (Å²) in [5.74, 6) is -0.308. The van der Waals surface area contributed by atoms with Gasteiger partial charge in [0.1, 0.15) is 0 Å². The van der Waals surface area contributed by atoms with Gasteiger partial charge in [-0.25, -0.2) is 4.79 Å². The molecule has 0 bridgehead atoms. The predicted octanol–water partition coefficient (Wildman–Crippen LogP) is 5.59. The minimum Gasteiger partial charge on any atom is -0.465 e. The number of benzene rings is 3. The minimum absolute atomic E-state index is 0.308. The molecule has 0 heterocycles. The summed E-state index contributed by atoms with van der Waals surface area (Å²) in [6.45, 7) is 0. The molecule has 116 valence electrons. The van der Waals surface area contributed by atoms with E-state index in [4.69, 9.17) is 0 Å². The highest BCUT2D eigenvalue weighted by Gasteiger charge is 2.02. The number of carbonyl (C=O) groups is 1. The van der Waals surface area contributed by atoms with E-state index in [1.807, 2.05) is 12.1 Å². The molecule has 0 aliphatic heterocycles. The Kier molecular flexibility index (Phi) is 6.57. The Bertz CT molecular complexity index is 685. The Morgan fingerprint density at radius 2 is 1.17 bits per heavy atom. The largest absolute Gasteiger partial charge is 0.465 e. The summed E-state index contributed by atoms with van der Waals surface area (Å²) in [6.07, 6.45) is 0. The maximum absolute atomic E-state index is 10.9. The topological polar surface area (TPSA) is 26.3 Å². The molecule has 3 aromatic carbocycles. The van der Waals surface area contributed by atoms with Gasteiger partial charge in [-0.2, -0.15) is 0 Å². The zero-order valence-corrected chi connectivity index (χ0v) is 14.4. The molecule has 0 atom stereocenters. The number of esters is 1. The third-order valence-electron chi connectivity index (χ3n) is 3.15. The van der Waals surface area contributed by atoms with E-state index in [0.717, 1.165) is 4.47 Å². The summed E-state index contributed by atoms with van der Waals surface area (Å²) in [5.41, 5.74) is 3.12. The second kappa shape index (κ2) is 8.91. The van der Waals surface area contributed by atoms with Gasteiger partial charge in [0.2, 0.25) is 0 Å². The first-order valence-corrected chi connectivity index (χ1v) is 7.94. The van der Waals surface area contributed by atoms with E-state index in [0.29, 0.717) is 5.56 Å². The van der Waals surface area contributed by atoms with Gasteiger partial charge in [0, 0.05) is 4.47 Å². The van der Waals surface area contributed by atoms with Crippen molar-refractivity contribution >= 4 is 21.9 Å². The van der Waals surface area contributed by atoms with Gasteiger partial charge in [-0.1, -0.05) is 76.6 Å². The highest BCUT2D eigenvalue weighted by atomic mass is 79.9. The van der Waals surface area contributed by atoms with E-state index in [9.17, 15) is 4.79 Å². The van der Waals surface area contributed by atoms with E-state index in [-0.39, 0.29) is 5.97 Å². The van der Waals surface area contributed by atoms with Crippen LogP contribution in [0, 0.1) is 0 Å². The molecule has 23 heavy (non-hydrogen) atoms. The van der Waals surface area contributed by atoms with Gasteiger partial charge in [-0.3, -0.25) is 0 Å². The fourth-order valence-corrected chi connectivity index (χ4v) is 2.23. The van der Waals surface area contributed by atoms with Gasteiger partial charge in [0.15, 0.2) is 0 Å². The lowest BCUT2D eigenvalue weighted by Crippen LogP contribution is -1.99. The van der Waals surface area contributed by atoms with Crippen LogP contribution in [0.25, 0.3) is 11.1 Å². The molecule has 0 spiro atoms. The highest BCUT2D eigenvalue weighted by Crippen LogP contribution is 2.17. The van der Waals surface area contributed by atoms with Crippen LogP contribution in [0.1, 0.15) is 10.4 Å². The maximum atomic E-state index is 10.9. The van der Waals surface area contributed by atoms with Crippen LogP contribution in [-0.2, 0) is 4.74 Å². The van der Waals surface area contributed by atoms with Crippen molar-refractivity contribution in [1.29, 1.82) is 0 Å². The molecule has 0 unspecified atom stereocenters. The molecule has 3 rings (SSSR count). The molecule has 0 aromatic heterocycles. The first kappa shape index (κ1) is 17.0. The van der Waals surface area contributed by atoms with Gasteiger partial charge < -0.3 is 4.74 Å². The fourth-order valence-electron chi connectivity index (χ4n) is 1.97. The van der Waals surface area contributed by atoms with E-state index >= 15 is 0 Å². The molecule has 3 aromatic rings. The molecular weight excluding hydrogens is 352 g/mol. The predicted molar refractivity (Wildman–Crippen MR) is 97.4 cm³/mol. The monoisotopic (exact) mass is 368 g/mol. The van der Waals surface area contributed by atoms with Gasteiger partial charge in [0.05, 0.1) is 12.7 Å². The first-order chi connectivity index (χ1) is 11.2. The lowest BCUT2D eigenvalue weighted by molar-refractivity contribution is 0.0600. The van der Waals surface area contributed by atoms with Crippen LogP contribution in [0.3, 0.4) is 0 Å². The number of halogens is 1. The smallest absolute Gasteiger partial charge is 0.337 e. The Labute approximate surface area is 144 Å². The SMILES string of the molecule is COC(=O)c1ccc(Br)cc1.c1ccc(-c2ccccc2)cc1. The number of carbonyl (C=O) groups excluding carboxylic acids is 1. The van der Waals surface area contributed by atoms with Crippen molar-refractivity contribution in [1.82, 2.24) is 0 Å². The molecule has 3 heteroatoms.